The fourth-order valence-corrected chi connectivity index (χ4v) is 3.33. The van der Waals surface area contributed by atoms with Crippen LogP contribution in [0.1, 0.15) is 45.4 Å². The Labute approximate surface area is 98.2 Å². The number of amides is 1. The van der Waals surface area contributed by atoms with E-state index in [-0.39, 0.29) is 11.8 Å². The zero-order chi connectivity index (χ0) is 11.5. The van der Waals surface area contributed by atoms with Gasteiger partial charge < -0.3 is 11.1 Å². The minimum Gasteiger partial charge on any atom is -0.353 e. The molecule has 0 saturated heterocycles. The van der Waals surface area contributed by atoms with Crippen LogP contribution >= 0.6 is 0 Å². The Bertz CT molecular complexity index is 254. The molecule has 4 unspecified atom stereocenters. The molecule has 3 nitrogen and oxygen atoms in total. The summed E-state index contributed by atoms with van der Waals surface area (Å²) in [5.74, 6) is 1.63. The molecule has 2 rings (SSSR count). The third-order valence-corrected chi connectivity index (χ3v) is 4.49. The van der Waals surface area contributed by atoms with Crippen LogP contribution in [0.3, 0.4) is 0 Å². The third-order valence-electron chi connectivity index (χ3n) is 4.49. The predicted octanol–water partition coefficient (Wildman–Crippen LogP) is 1.67. The molecule has 0 aromatic heterocycles. The van der Waals surface area contributed by atoms with Gasteiger partial charge in [0.25, 0.3) is 0 Å². The first-order chi connectivity index (χ1) is 7.72. The maximum Gasteiger partial charge on any atom is 0.223 e. The summed E-state index contributed by atoms with van der Waals surface area (Å²) in [7, 11) is 0. The van der Waals surface area contributed by atoms with Crippen LogP contribution in [0.5, 0.6) is 0 Å². The highest BCUT2D eigenvalue weighted by Crippen LogP contribution is 2.32. The van der Waals surface area contributed by atoms with E-state index in [1.54, 1.807) is 0 Å². The summed E-state index contributed by atoms with van der Waals surface area (Å²) in [6.45, 7) is 2.91. The van der Waals surface area contributed by atoms with E-state index in [1.165, 1.54) is 25.7 Å². The molecule has 0 spiro atoms. The van der Waals surface area contributed by atoms with Crippen molar-refractivity contribution in [2.45, 2.75) is 51.5 Å². The Balaban J connectivity index is 1.86. The lowest BCUT2D eigenvalue weighted by atomic mass is 9.96. The Morgan fingerprint density at radius 1 is 1.25 bits per heavy atom. The zero-order valence-electron chi connectivity index (χ0n) is 10.2. The normalized spacial score (nSPS) is 38.9. The fraction of sp³-hybridized carbons (Fsp3) is 0.923. The number of carbonyl (C=O) groups excluding carboxylic acids is 1. The standard InChI is InChI=1S/C13H24N2O/c1-9-4-2-6-11(9)13(16)15-12-7-3-5-10(12)8-14/h9-12H,2-8,14H2,1H3,(H,15,16). The highest BCUT2D eigenvalue weighted by atomic mass is 16.2. The molecule has 0 bridgehead atoms. The van der Waals surface area contributed by atoms with E-state index < -0.39 is 0 Å². The topological polar surface area (TPSA) is 55.1 Å². The van der Waals surface area contributed by atoms with E-state index in [4.69, 9.17) is 5.73 Å². The molecule has 3 N–H and O–H groups in total. The van der Waals surface area contributed by atoms with Crippen molar-refractivity contribution in [3.8, 4) is 0 Å². The molecule has 0 aromatic carbocycles. The van der Waals surface area contributed by atoms with Crippen LogP contribution in [-0.2, 0) is 4.79 Å². The van der Waals surface area contributed by atoms with Gasteiger partial charge in [-0.25, -0.2) is 0 Å². The number of carbonyl (C=O) groups is 1. The average molecular weight is 224 g/mol. The van der Waals surface area contributed by atoms with E-state index in [0.717, 1.165) is 12.8 Å². The SMILES string of the molecule is CC1CCCC1C(=O)NC1CCCC1CN. The van der Waals surface area contributed by atoms with Crippen molar-refractivity contribution >= 4 is 5.91 Å². The average Bonchev–Trinajstić information content (AvgIpc) is 2.86. The molecule has 3 heteroatoms. The maximum absolute atomic E-state index is 12.1. The van der Waals surface area contributed by atoms with Gasteiger partial charge >= 0.3 is 0 Å². The van der Waals surface area contributed by atoms with E-state index in [1.807, 2.05) is 0 Å². The van der Waals surface area contributed by atoms with Crippen molar-refractivity contribution in [1.82, 2.24) is 5.32 Å². The molecule has 0 aliphatic heterocycles. The first-order valence-corrected chi connectivity index (χ1v) is 6.72. The summed E-state index contributed by atoms with van der Waals surface area (Å²) < 4.78 is 0. The van der Waals surface area contributed by atoms with Crippen LogP contribution in [0.4, 0.5) is 0 Å². The van der Waals surface area contributed by atoms with Crippen molar-refractivity contribution in [2.75, 3.05) is 6.54 Å². The number of rotatable bonds is 3. The van der Waals surface area contributed by atoms with Crippen molar-refractivity contribution in [3.05, 3.63) is 0 Å². The first-order valence-electron chi connectivity index (χ1n) is 6.72. The minimum atomic E-state index is 0.263. The van der Waals surface area contributed by atoms with Crippen LogP contribution in [0.2, 0.25) is 0 Å². The van der Waals surface area contributed by atoms with Crippen LogP contribution in [0.25, 0.3) is 0 Å². The molecule has 1 amide bonds. The van der Waals surface area contributed by atoms with Gasteiger partial charge in [0.05, 0.1) is 0 Å². The second-order valence-corrected chi connectivity index (χ2v) is 5.56. The lowest BCUT2D eigenvalue weighted by molar-refractivity contribution is -0.126. The smallest absolute Gasteiger partial charge is 0.223 e. The summed E-state index contributed by atoms with van der Waals surface area (Å²) in [4.78, 5) is 12.1. The van der Waals surface area contributed by atoms with Crippen LogP contribution < -0.4 is 11.1 Å². The summed E-state index contributed by atoms with van der Waals surface area (Å²) >= 11 is 0. The van der Waals surface area contributed by atoms with Crippen molar-refractivity contribution in [3.63, 3.8) is 0 Å². The fourth-order valence-electron chi connectivity index (χ4n) is 3.33. The van der Waals surface area contributed by atoms with E-state index in [2.05, 4.69) is 12.2 Å². The lowest BCUT2D eigenvalue weighted by Crippen LogP contribution is -2.43. The summed E-state index contributed by atoms with van der Waals surface area (Å²) in [6.07, 6.45) is 7.02. The van der Waals surface area contributed by atoms with Crippen molar-refractivity contribution in [1.29, 1.82) is 0 Å². The van der Waals surface area contributed by atoms with E-state index in [0.29, 0.717) is 24.4 Å². The molecule has 0 aromatic rings. The number of hydrogen-bond donors (Lipinski definition) is 2. The molecule has 2 aliphatic carbocycles. The quantitative estimate of drug-likeness (QED) is 0.766. The van der Waals surface area contributed by atoms with Gasteiger partial charge in [-0.1, -0.05) is 19.8 Å². The van der Waals surface area contributed by atoms with Gasteiger partial charge in [-0.05, 0) is 44.1 Å². The Morgan fingerprint density at radius 2 is 2.00 bits per heavy atom. The third kappa shape index (κ3) is 2.40. The van der Waals surface area contributed by atoms with Crippen LogP contribution in [0.15, 0.2) is 0 Å². The highest BCUT2D eigenvalue weighted by molar-refractivity contribution is 5.79. The molecular formula is C13H24N2O. The number of nitrogens with two attached hydrogens (primary N) is 1. The second-order valence-electron chi connectivity index (χ2n) is 5.56. The Kier molecular flexibility index (Phi) is 3.85. The lowest BCUT2D eigenvalue weighted by Gasteiger charge is -2.23. The maximum atomic E-state index is 12.1. The highest BCUT2D eigenvalue weighted by Gasteiger charge is 2.33. The van der Waals surface area contributed by atoms with Crippen molar-refractivity contribution < 1.29 is 4.79 Å². The van der Waals surface area contributed by atoms with Gasteiger partial charge in [-0.2, -0.15) is 0 Å². The minimum absolute atomic E-state index is 0.263. The summed E-state index contributed by atoms with van der Waals surface area (Å²) in [5, 5.41) is 3.23. The number of nitrogens with one attached hydrogen (secondary N) is 1. The molecular weight excluding hydrogens is 200 g/mol. The molecule has 0 radical (unpaired) electrons. The molecule has 2 saturated carbocycles. The van der Waals surface area contributed by atoms with Gasteiger partial charge in [0.1, 0.15) is 0 Å². The van der Waals surface area contributed by atoms with Gasteiger partial charge in [0, 0.05) is 12.0 Å². The summed E-state index contributed by atoms with van der Waals surface area (Å²) in [5.41, 5.74) is 5.73. The number of hydrogen-bond acceptors (Lipinski definition) is 2. The van der Waals surface area contributed by atoms with E-state index >= 15 is 0 Å². The molecule has 92 valence electrons. The largest absolute Gasteiger partial charge is 0.353 e. The zero-order valence-corrected chi connectivity index (χ0v) is 10.2. The monoisotopic (exact) mass is 224 g/mol. The molecule has 16 heavy (non-hydrogen) atoms. The molecule has 0 heterocycles. The Hall–Kier alpha value is -0.570. The van der Waals surface area contributed by atoms with Crippen LogP contribution in [-0.4, -0.2) is 18.5 Å². The van der Waals surface area contributed by atoms with Gasteiger partial charge in [-0.3, -0.25) is 4.79 Å². The molecule has 4 atom stereocenters. The van der Waals surface area contributed by atoms with Gasteiger partial charge in [0.2, 0.25) is 5.91 Å². The molecule has 2 aliphatic rings. The van der Waals surface area contributed by atoms with Gasteiger partial charge in [-0.15, -0.1) is 0 Å². The second kappa shape index (κ2) is 5.17. The van der Waals surface area contributed by atoms with E-state index in [9.17, 15) is 4.79 Å². The van der Waals surface area contributed by atoms with Crippen LogP contribution in [0, 0.1) is 17.8 Å². The predicted molar refractivity (Wildman–Crippen MR) is 64.8 cm³/mol. The Morgan fingerprint density at radius 3 is 2.62 bits per heavy atom. The van der Waals surface area contributed by atoms with Gasteiger partial charge in [0.15, 0.2) is 0 Å². The molecule has 2 fully saturated rings. The van der Waals surface area contributed by atoms with Crippen molar-refractivity contribution in [2.24, 2.45) is 23.5 Å². The summed E-state index contributed by atoms with van der Waals surface area (Å²) in [6, 6.07) is 0.352. The first kappa shape index (κ1) is 11.9.